The summed E-state index contributed by atoms with van der Waals surface area (Å²) in [6.45, 7) is 1.94. The van der Waals surface area contributed by atoms with Crippen molar-refractivity contribution in [2.24, 2.45) is 0 Å². The Morgan fingerprint density at radius 3 is 2.93 bits per heavy atom. The Bertz CT molecular complexity index is 385. The van der Waals surface area contributed by atoms with E-state index in [0.29, 0.717) is 0 Å². The van der Waals surface area contributed by atoms with Gasteiger partial charge in [-0.1, -0.05) is 18.2 Å². The molecule has 1 aromatic rings. The molecule has 3 nitrogen and oxygen atoms in total. The highest BCUT2D eigenvalue weighted by atomic mass is 19.1. The number of para-hydroxylation sites is 1. The molecule has 0 radical (unpaired) electrons. The molecule has 1 aromatic carbocycles. The molecular weight excluding hydrogens is 199 g/mol. The number of carboxylic acids is 1. The minimum absolute atomic E-state index is 0.151. The topological polar surface area (TPSA) is 46.5 Å². The second kappa shape index (κ2) is 5.14. The third-order valence-electron chi connectivity index (χ3n) is 1.76. The van der Waals surface area contributed by atoms with Gasteiger partial charge in [0.1, 0.15) is 12.2 Å². The van der Waals surface area contributed by atoms with Crippen molar-refractivity contribution in [3.63, 3.8) is 0 Å². The van der Waals surface area contributed by atoms with E-state index >= 15 is 0 Å². The van der Waals surface area contributed by atoms with Gasteiger partial charge in [0.25, 0.3) is 0 Å². The molecule has 0 saturated heterocycles. The van der Waals surface area contributed by atoms with Crippen molar-refractivity contribution in [3.05, 3.63) is 41.7 Å². The van der Waals surface area contributed by atoms with Gasteiger partial charge in [-0.15, -0.1) is 0 Å². The van der Waals surface area contributed by atoms with Gasteiger partial charge in [0.2, 0.25) is 0 Å². The summed E-state index contributed by atoms with van der Waals surface area (Å²) in [5.74, 6) is -2.09. The number of hydrogen-bond acceptors (Lipinski definition) is 2. The molecule has 0 spiro atoms. The Hall–Kier alpha value is -1.84. The van der Waals surface area contributed by atoms with E-state index in [1.807, 2.05) is 0 Å². The highest BCUT2D eigenvalue weighted by Crippen LogP contribution is 2.22. The molecule has 0 aliphatic carbocycles. The van der Waals surface area contributed by atoms with Crippen LogP contribution in [0.4, 0.5) is 4.39 Å². The van der Waals surface area contributed by atoms with Gasteiger partial charge in [0.15, 0.2) is 11.6 Å². The summed E-state index contributed by atoms with van der Waals surface area (Å²) in [5.41, 5.74) is -0.167. The predicted molar refractivity (Wildman–Crippen MR) is 53.7 cm³/mol. The summed E-state index contributed by atoms with van der Waals surface area (Å²) in [4.78, 5) is 10.7. The number of rotatable bonds is 4. The lowest BCUT2D eigenvalue weighted by Crippen LogP contribution is -2.05. The molecule has 1 N–H and O–H groups in total. The maximum atomic E-state index is 13.2. The quantitative estimate of drug-likeness (QED) is 0.776. The average molecular weight is 210 g/mol. The first kappa shape index (κ1) is 11.2. The Morgan fingerprint density at radius 1 is 1.60 bits per heavy atom. The van der Waals surface area contributed by atoms with E-state index in [2.05, 4.69) is 0 Å². The fourth-order valence-electron chi connectivity index (χ4n) is 1.05. The SMILES string of the molecule is CC=CCOc1c(F)cccc1C(=O)O. The van der Waals surface area contributed by atoms with Gasteiger partial charge in [0, 0.05) is 0 Å². The van der Waals surface area contributed by atoms with Crippen molar-refractivity contribution in [1.29, 1.82) is 0 Å². The lowest BCUT2D eigenvalue weighted by atomic mass is 10.2. The van der Waals surface area contributed by atoms with Crippen LogP contribution in [-0.2, 0) is 0 Å². The molecule has 80 valence electrons. The Kier molecular flexibility index (Phi) is 3.85. The van der Waals surface area contributed by atoms with Crippen LogP contribution in [0.3, 0.4) is 0 Å². The summed E-state index contributed by atoms with van der Waals surface area (Å²) in [7, 11) is 0. The van der Waals surface area contributed by atoms with Gasteiger partial charge < -0.3 is 9.84 Å². The van der Waals surface area contributed by atoms with Gasteiger partial charge >= 0.3 is 5.97 Å². The van der Waals surface area contributed by atoms with Gasteiger partial charge in [-0.3, -0.25) is 0 Å². The van der Waals surface area contributed by atoms with Crippen molar-refractivity contribution < 1.29 is 19.0 Å². The zero-order valence-corrected chi connectivity index (χ0v) is 8.24. The number of halogens is 1. The number of ether oxygens (including phenoxy) is 1. The normalized spacial score (nSPS) is 10.5. The van der Waals surface area contributed by atoms with E-state index in [0.717, 1.165) is 6.07 Å². The van der Waals surface area contributed by atoms with Gasteiger partial charge in [-0.2, -0.15) is 0 Å². The fourth-order valence-corrected chi connectivity index (χ4v) is 1.05. The van der Waals surface area contributed by atoms with Gasteiger partial charge in [-0.25, -0.2) is 9.18 Å². The van der Waals surface area contributed by atoms with Crippen molar-refractivity contribution >= 4 is 5.97 Å². The molecule has 1 rings (SSSR count). The summed E-state index contributed by atoms with van der Waals surface area (Å²) in [6, 6.07) is 3.80. The highest BCUT2D eigenvalue weighted by Gasteiger charge is 2.14. The minimum atomic E-state index is -1.20. The molecule has 0 heterocycles. The van der Waals surface area contributed by atoms with Crippen LogP contribution in [0.5, 0.6) is 5.75 Å². The third kappa shape index (κ3) is 2.80. The van der Waals surface area contributed by atoms with Crippen LogP contribution in [0.1, 0.15) is 17.3 Å². The second-order valence-corrected chi connectivity index (χ2v) is 2.80. The third-order valence-corrected chi connectivity index (χ3v) is 1.76. The Morgan fingerprint density at radius 2 is 2.33 bits per heavy atom. The van der Waals surface area contributed by atoms with Crippen LogP contribution in [0.25, 0.3) is 0 Å². The van der Waals surface area contributed by atoms with Crippen molar-refractivity contribution in [3.8, 4) is 5.75 Å². The molecule has 0 bridgehead atoms. The van der Waals surface area contributed by atoms with Crippen molar-refractivity contribution in [1.82, 2.24) is 0 Å². The molecule has 0 amide bonds. The minimum Gasteiger partial charge on any atom is -0.486 e. The summed E-state index contributed by atoms with van der Waals surface area (Å²) in [5, 5.41) is 8.78. The predicted octanol–water partition coefficient (Wildman–Crippen LogP) is 2.48. The number of aromatic carboxylic acids is 1. The molecule has 0 unspecified atom stereocenters. The molecular formula is C11H11FO3. The summed E-state index contributed by atoms with van der Waals surface area (Å²) in [6.07, 6.45) is 3.40. The van der Waals surface area contributed by atoms with Crippen LogP contribution < -0.4 is 4.74 Å². The molecule has 0 fully saturated rings. The van der Waals surface area contributed by atoms with E-state index in [-0.39, 0.29) is 17.9 Å². The lowest BCUT2D eigenvalue weighted by molar-refractivity contribution is 0.0691. The first-order valence-corrected chi connectivity index (χ1v) is 4.42. The maximum absolute atomic E-state index is 13.2. The fraction of sp³-hybridized carbons (Fsp3) is 0.182. The van der Waals surface area contributed by atoms with Crippen LogP contribution in [0.15, 0.2) is 30.4 Å². The molecule has 0 aromatic heterocycles. The van der Waals surface area contributed by atoms with Crippen molar-refractivity contribution in [2.45, 2.75) is 6.92 Å². The number of allylic oxidation sites excluding steroid dienone is 1. The monoisotopic (exact) mass is 210 g/mol. The summed E-state index contributed by atoms with van der Waals surface area (Å²) >= 11 is 0. The first-order chi connectivity index (χ1) is 7.16. The van der Waals surface area contributed by atoms with Crippen LogP contribution >= 0.6 is 0 Å². The largest absolute Gasteiger partial charge is 0.486 e. The highest BCUT2D eigenvalue weighted by molar-refractivity contribution is 5.90. The molecule has 0 saturated carbocycles. The molecule has 0 aliphatic rings. The van der Waals surface area contributed by atoms with Crippen LogP contribution in [0.2, 0.25) is 0 Å². The Labute approximate surface area is 86.8 Å². The lowest BCUT2D eigenvalue weighted by Gasteiger charge is -2.07. The number of carboxylic acid groups (broad SMARTS) is 1. The van der Waals surface area contributed by atoms with Gasteiger partial charge in [-0.05, 0) is 19.1 Å². The molecule has 0 aliphatic heterocycles. The zero-order valence-electron chi connectivity index (χ0n) is 8.24. The van der Waals surface area contributed by atoms with Gasteiger partial charge in [0.05, 0.1) is 0 Å². The average Bonchev–Trinajstić information content (AvgIpc) is 2.20. The van der Waals surface area contributed by atoms with Crippen LogP contribution in [-0.4, -0.2) is 17.7 Å². The smallest absolute Gasteiger partial charge is 0.339 e. The standard InChI is InChI=1S/C11H11FO3/c1-2-3-7-15-10-8(11(13)14)5-4-6-9(10)12/h2-6H,7H2,1H3,(H,13,14). The van der Waals surface area contributed by atoms with Crippen molar-refractivity contribution in [2.75, 3.05) is 6.61 Å². The molecule has 0 atom stereocenters. The molecule has 15 heavy (non-hydrogen) atoms. The van der Waals surface area contributed by atoms with E-state index in [1.165, 1.54) is 12.1 Å². The first-order valence-electron chi connectivity index (χ1n) is 4.42. The van der Waals surface area contributed by atoms with E-state index in [4.69, 9.17) is 9.84 Å². The number of benzene rings is 1. The molecule has 4 heteroatoms. The van der Waals surface area contributed by atoms with Crippen LogP contribution in [0, 0.1) is 5.82 Å². The number of carbonyl (C=O) groups is 1. The van der Waals surface area contributed by atoms with E-state index < -0.39 is 11.8 Å². The van der Waals surface area contributed by atoms with E-state index in [1.54, 1.807) is 19.1 Å². The van der Waals surface area contributed by atoms with E-state index in [9.17, 15) is 9.18 Å². The second-order valence-electron chi connectivity index (χ2n) is 2.80. The maximum Gasteiger partial charge on any atom is 0.339 e. The number of hydrogen-bond donors (Lipinski definition) is 1. The summed E-state index contributed by atoms with van der Waals surface area (Å²) < 4.78 is 18.3. The Balaban J connectivity index is 2.97. The zero-order chi connectivity index (χ0) is 11.3.